The van der Waals surface area contributed by atoms with Gasteiger partial charge in [0.25, 0.3) is 5.91 Å². The van der Waals surface area contributed by atoms with Crippen LogP contribution in [-0.4, -0.2) is 23.6 Å². The lowest BCUT2D eigenvalue weighted by Crippen LogP contribution is -2.21. The molecule has 2 N–H and O–H groups in total. The van der Waals surface area contributed by atoms with Gasteiger partial charge in [-0.1, -0.05) is 18.2 Å². The highest BCUT2D eigenvalue weighted by Crippen LogP contribution is 2.17. The number of anilines is 1. The van der Waals surface area contributed by atoms with E-state index in [0.717, 1.165) is 12.1 Å². The van der Waals surface area contributed by atoms with Gasteiger partial charge in [0, 0.05) is 0 Å². The molecule has 108 valence electrons. The fraction of sp³-hybridized carbons (Fsp3) is 0.0667. The summed E-state index contributed by atoms with van der Waals surface area (Å²) < 4.78 is 18.2. The summed E-state index contributed by atoms with van der Waals surface area (Å²) >= 11 is 0. The van der Waals surface area contributed by atoms with Crippen LogP contribution in [-0.2, 0) is 4.79 Å². The minimum atomic E-state index is -1.33. The zero-order valence-corrected chi connectivity index (χ0v) is 10.9. The Hall–Kier alpha value is -2.89. The molecule has 0 radical (unpaired) electrons. The third-order valence-electron chi connectivity index (χ3n) is 2.60. The Labute approximate surface area is 120 Å². The zero-order chi connectivity index (χ0) is 15.2. The van der Waals surface area contributed by atoms with Crippen molar-refractivity contribution in [3.8, 4) is 5.75 Å². The van der Waals surface area contributed by atoms with Crippen molar-refractivity contribution in [1.29, 1.82) is 0 Å². The van der Waals surface area contributed by atoms with E-state index >= 15 is 0 Å². The summed E-state index contributed by atoms with van der Waals surface area (Å²) in [5.74, 6) is -2.03. The zero-order valence-electron chi connectivity index (χ0n) is 10.9. The van der Waals surface area contributed by atoms with Gasteiger partial charge in [-0.2, -0.15) is 0 Å². The van der Waals surface area contributed by atoms with E-state index in [0.29, 0.717) is 5.75 Å². The first-order valence-corrected chi connectivity index (χ1v) is 6.07. The van der Waals surface area contributed by atoms with E-state index < -0.39 is 17.7 Å². The normalized spacial score (nSPS) is 9.95. The van der Waals surface area contributed by atoms with Crippen LogP contribution >= 0.6 is 0 Å². The molecule has 2 aromatic rings. The Bertz CT molecular complexity index is 658. The van der Waals surface area contributed by atoms with Crippen LogP contribution in [0.2, 0.25) is 0 Å². The molecule has 21 heavy (non-hydrogen) atoms. The third kappa shape index (κ3) is 4.04. The monoisotopic (exact) mass is 289 g/mol. The number of ether oxygens (including phenoxy) is 1. The highest BCUT2D eigenvalue weighted by atomic mass is 19.1. The molecule has 5 nitrogen and oxygen atoms in total. The number of carbonyl (C=O) groups excluding carboxylic acids is 1. The van der Waals surface area contributed by atoms with Crippen LogP contribution in [0.5, 0.6) is 5.75 Å². The number of carbonyl (C=O) groups is 2. The summed E-state index contributed by atoms with van der Waals surface area (Å²) in [7, 11) is 0. The second-order valence-electron chi connectivity index (χ2n) is 4.14. The molecule has 0 unspecified atom stereocenters. The van der Waals surface area contributed by atoms with Gasteiger partial charge >= 0.3 is 5.97 Å². The third-order valence-corrected chi connectivity index (χ3v) is 2.60. The molecule has 0 aliphatic rings. The van der Waals surface area contributed by atoms with Gasteiger partial charge < -0.3 is 15.2 Å². The smallest absolute Gasteiger partial charge is 0.337 e. The molecule has 2 rings (SSSR count). The quantitative estimate of drug-likeness (QED) is 0.887. The predicted octanol–water partition coefficient (Wildman–Crippen LogP) is 2.54. The molecule has 1 amide bonds. The molecule has 0 atom stereocenters. The molecule has 0 aliphatic heterocycles. The number of amides is 1. The molecular weight excluding hydrogens is 277 g/mol. The molecule has 0 aliphatic carbocycles. The molecule has 0 spiro atoms. The van der Waals surface area contributed by atoms with Gasteiger partial charge in [0.2, 0.25) is 0 Å². The van der Waals surface area contributed by atoms with E-state index in [2.05, 4.69) is 5.32 Å². The van der Waals surface area contributed by atoms with E-state index in [1.807, 2.05) is 6.07 Å². The van der Waals surface area contributed by atoms with E-state index in [1.54, 1.807) is 24.3 Å². The van der Waals surface area contributed by atoms with Crippen LogP contribution in [0, 0.1) is 5.82 Å². The lowest BCUT2D eigenvalue weighted by molar-refractivity contribution is -0.118. The highest BCUT2D eigenvalue weighted by molar-refractivity contribution is 6.00. The second-order valence-corrected chi connectivity index (χ2v) is 4.14. The first kappa shape index (κ1) is 14.5. The first-order valence-electron chi connectivity index (χ1n) is 6.07. The number of carboxylic acids is 1. The number of rotatable bonds is 5. The fourth-order valence-electron chi connectivity index (χ4n) is 1.65. The number of halogens is 1. The summed E-state index contributed by atoms with van der Waals surface area (Å²) in [5.41, 5.74) is -0.298. The lowest BCUT2D eigenvalue weighted by Gasteiger charge is -2.09. The maximum Gasteiger partial charge on any atom is 0.337 e. The Kier molecular flexibility index (Phi) is 4.50. The molecule has 0 bridgehead atoms. The van der Waals surface area contributed by atoms with Crippen molar-refractivity contribution in [1.82, 2.24) is 0 Å². The molecule has 2 aromatic carbocycles. The number of benzene rings is 2. The average molecular weight is 289 g/mol. The number of para-hydroxylation sites is 1. The summed E-state index contributed by atoms with van der Waals surface area (Å²) in [6, 6.07) is 11.8. The van der Waals surface area contributed by atoms with Crippen molar-refractivity contribution in [2.24, 2.45) is 0 Å². The van der Waals surface area contributed by atoms with E-state index in [1.165, 1.54) is 6.07 Å². The Morgan fingerprint density at radius 2 is 1.86 bits per heavy atom. The number of hydrogen-bond donors (Lipinski definition) is 2. The highest BCUT2D eigenvalue weighted by Gasteiger charge is 2.13. The van der Waals surface area contributed by atoms with Crippen LogP contribution in [0.15, 0.2) is 48.5 Å². The molecule has 6 heteroatoms. The largest absolute Gasteiger partial charge is 0.484 e. The van der Waals surface area contributed by atoms with Gasteiger partial charge in [-0.25, -0.2) is 9.18 Å². The predicted molar refractivity (Wildman–Crippen MR) is 73.9 cm³/mol. The lowest BCUT2D eigenvalue weighted by atomic mass is 10.1. The number of nitrogens with one attached hydrogen (secondary N) is 1. The van der Waals surface area contributed by atoms with Crippen molar-refractivity contribution < 1.29 is 23.8 Å². The number of hydrogen-bond acceptors (Lipinski definition) is 3. The maximum absolute atomic E-state index is 13.0. The fourth-order valence-corrected chi connectivity index (χ4v) is 1.65. The molecule has 0 heterocycles. The summed E-state index contributed by atoms with van der Waals surface area (Å²) in [5, 5.41) is 11.3. The van der Waals surface area contributed by atoms with Crippen LogP contribution in [0.25, 0.3) is 0 Å². The van der Waals surface area contributed by atoms with Gasteiger partial charge in [-0.05, 0) is 30.3 Å². The Morgan fingerprint density at radius 3 is 2.52 bits per heavy atom. The summed E-state index contributed by atoms with van der Waals surface area (Å²) in [6.45, 7) is -0.277. The van der Waals surface area contributed by atoms with Gasteiger partial charge in [-0.3, -0.25) is 4.79 Å². The number of carboxylic acid groups (broad SMARTS) is 1. The van der Waals surface area contributed by atoms with Crippen LogP contribution < -0.4 is 10.1 Å². The van der Waals surface area contributed by atoms with Crippen molar-refractivity contribution in [2.75, 3.05) is 11.9 Å². The standard InChI is InChI=1S/C15H12FNO4/c16-10-6-7-13(12(8-10)15(19)20)17-14(18)9-21-11-4-2-1-3-5-11/h1-8H,9H2,(H,17,18)(H,19,20). The van der Waals surface area contributed by atoms with Gasteiger partial charge in [0.15, 0.2) is 6.61 Å². The SMILES string of the molecule is O=C(COc1ccccc1)Nc1ccc(F)cc1C(=O)O. The maximum atomic E-state index is 13.0. The summed E-state index contributed by atoms with van der Waals surface area (Å²) in [4.78, 5) is 22.7. The van der Waals surface area contributed by atoms with Crippen molar-refractivity contribution in [3.63, 3.8) is 0 Å². The summed E-state index contributed by atoms with van der Waals surface area (Å²) in [6.07, 6.45) is 0. The van der Waals surface area contributed by atoms with Gasteiger partial charge in [0.05, 0.1) is 11.3 Å². The Balaban J connectivity index is 2.01. The Morgan fingerprint density at radius 1 is 1.14 bits per heavy atom. The van der Waals surface area contributed by atoms with Gasteiger partial charge in [0.1, 0.15) is 11.6 Å². The molecule has 0 fully saturated rings. The van der Waals surface area contributed by atoms with Crippen LogP contribution in [0.4, 0.5) is 10.1 Å². The topological polar surface area (TPSA) is 75.6 Å². The number of aromatic carboxylic acids is 1. The molecule has 0 aromatic heterocycles. The second kappa shape index (κ2) is 6.51. The van der Waals surface area contributed by atoms with Crippen molar-refractivity contribution in [2.45, 2.75) is 0 Å². The molecule has 0 saturated heterocycles. The molecule has 0 saturated carbocycles. The first-order chi connectivity index (χ1) is 10.1. The van der Waals surface area contributed by atoms with E-state index in [-0.39, 0.29) is 17.9 Å². The minimum absolute atomic E-state index is 0.0190. The average Bonchev–Trinajstić information content (AvgIpc) is 2.48. The minimum Gasteiger partial charge on any atom is -0.484 e. The van der Waals surface area contributed by atoms with Crippen LogP contribution in [0.3, 0.4) is 0 Å². The molecular formula is C15H12FNO4. The van der Waals surface area contributed by atoms with E-state index in [9.17, 15) is 14.0 Å². The van der Waals surface area contributed by atoms with Gasteiger partial charge in [-0.15, -0.1) is 0 Å². The van der Waals surface area contributed by atoms with Crippen molar-refractivity contribution in [3.05, 3.63) is 59.9 Å². The van der Waals surface area contributed by atoms with Crippen LogP contribution in [0.1, 0.15) is 10.4 Å². The van der Waals surface area contributed by atoms with E-state index in [4.69, 9.17) is 9.84 Å². The van der Waals surface area contributed by atoms with Crippen molar-refractivity contribution >= 4 is 17.6 Å².